The van der Waals surface area contributed by atoms with E-state index in [1.54, 1.807) is 11.8 Å². The van der Waals surface area contributed by atoms with Crippen molar-refractivity contribution in [3.8, 4) is 0 Å². The summed E-state index contributed by atoms with van der Waals surface area (Å²) in [5.74, 6) is 0.805. The second-order valence-electron chi connectivity index (χ2n) is 5.30. The summed E-state index contributed by atoms with van der Waals surface area (Å²) in [6, 6.07) is 8.74. The molecule has 0 atom stereocenters. The monoisotopic (exact) mass is 318 g/mol. The molecule has 116 valence electrons. The highest BCUT2D eigenvalue weighted by atomic mass is 32.2. The Morgan fingerprint density at radius 1 is 1.00 bits per heavy atom. The van der Waals surface area contributed by atoms with Gasteiger partial charge in [-0.2, -0.15) is 0 Å². The number of thioether (sulfide) groups is 1. The molecule has 0 saturated carbocycles. The summed E-state index contributed by atoms with van der Waals surface area (Å²) in [6.45, 7) is 5.62. The molecule has 2 heterocycles. The van der Waals surface area contributed by atoms with Gasteiger partial charge in [-0.25, -0.2) is 14.4 Å². The van der Waals surface area contributed by atoms with Crippen molar-refractivity contribution in [3.05, 3.63) is 41.8 Å². The molecular formula is C16H19FN4S. The van der Waals surface area contributed by atoms with E-state index in [1.165, 1.54) is 12.1 Å². The largest absolute Gasteiger partial charge is 0.368 e. The standard InChI is InChI=1S/C16H19FN4S/c1-12-11-15(19-16(18-12)22-2)21-9-7-20(8-10-21)14-5-3-13(17)4-6-14/h3-6,11H,7-10H2,1-2H3. The minimum Gasteiger partial charge on any atom is -0.368 e. The van der Waals surface area contributed by atoms with E-state index in [0.29, 0.717) is 0 Å². The molecule has 1 aromatic heterocycles. The molecule has 0 spiro atoms. The number of rotatable bonds is 3. The second kappa shape index (κ2) is 6.52. The molecule has 1 fully saturated rings. The number of nitrogens with zero attached hydrogens (tertiary/aromatic N) is 4. The van der Waals surface area contributed by atoms with Gasteiger partial charge in [-0.1, -0.05) is 11.8 Å². The molecule has 1 aliphatic rings. The van der Waals surface area contributed by atoms with Crippen molar-refractivity contribution in [2.45, 2.75) is 12.1 Å². The SMILES string of the molecule is CSc1nc(C)cc(N2CCN(c3ccc(F)cc3)CC2)n1. The smallest absolute Gasteiger partial charge is 0.189 e. The van der Waals surface area contributed by atoms with Crippen LogP contribution in [-0.2, 0) is 0 Å². The number of anilines is 2. The molecule has 1 aromatic carbocycles. The second-order valence-corrected chi connectivity index (χ2v) is 6.08. The number of piperazine rings is 1. The highest BCUT2D eigenvalue weighted by molar-refractivity contribution is 7.98. The van der Waals surface area contributed by atoms with Crippen molar-refractivity contribution >= 4 is 23.3 Å². The lowest BCUT2D eigenvalue weighted by molar-refractivity contribution is 0.623. The van der Waals surface area contributed by atoms with Crippen molar-refractivity contribution in [1.29, 1.82) is 0 Å². The van der Waals surface area contributed by atoms with Crippen LogP contribution in [0.1, 0.15) is 5.69 Å². The average molecular weight is 318 g/mol. The van der Waals surface area contributed by atoms with E-state index in [-0.39, 0.29) is 5.82 Å². The average Bonchev–Trinajstić information content (AvgIpc) is 2.55. The van der Waals surface area contributed by atoms with Crippen molar-refractivity contribution in [1.82, 2.24) is 9.97 Å². The number of aryl methyl sites for hydroxylation is 1. The summed E-state index contributed by atoms with van der Waals surface area (Å²) >= 11 is 1.57. The number of halogens is 1. The Balaban J connectivity index is 1.69. The molecule has 0 radical (unpaired) electrons. The van der Waals surface area contributed by atoms with Gasteiger partial charge in [-0.15, -0.1) is 0 Å². The van der Waals surface area contributed by atoms with E-state index >= 15 is 0 Å². The van der Waals surface area contributed by atoms with Crippen molar-refractivity contribution in [2.75, 3.05) is 42.2 Å². The molecule has 1 aliphatic heterocycles. The lowest BCUT2D eigenvalue weighted by atomic mass is 10.2. The summed E-state index contributed by atoms with van der Waals surface area (Å²) in [4.78, 5) is 13.6. The van der Waals surface area contributed by atoms with Crippen LogP contribution >= 0.6 is 11.8 Å². The Kier molecular flexibility index (Phi) is 4.47. The first-order chi connectivity index (χ1) is 10.7. The molecular weight excluding hydrogens is 299 g/mol. The summed E-state index contributed by atoms with van der Waals surface area (Å²) in [7, 11) is 0. The molecule has 4 nitrogen and oxygen atoms in total. The van der Waals surface area contributed by atoms with Gasteiger partial charge >= 0.3 is 0 Å². The van der Waals surface area contributed by atoms with E-state index in [1.807, 2.05) is 31.4 Å². The Morgan fingerprint density at radius 3 is 2.27 bits per heavy atom. The van der Waals surface area contributed by atoms with Crippen LogP contribution in [0.4, 0.5) is 15.9 Å². The number of aromatic nitrogens is 2. The van der Waals surface area contributed by atoms with Gasteiger partial charge in [0, 0.05) is 43.6 Å². The number of benzene rings is 1. The zero-order chi connectivity index (χ0) is 15.5. The van der Waals surface area contributed by atoms with Crippen molar-refractivity contribution in [3.63, 3.8) is 0 Å². The van der Waals surface area contributed by atoms with Crippen LogP contribution in [0.3, 0.4) is 0 Å². The third kappa shape index (κ3) is 3.32. The maximum absolute atomic E-state index is 13.0. The van der Waals surface area contributed by atoms with Gasteiger partial charge in [-0.05, 0) is 37.4 Å². The zero-order valence-corrected chi connectivity index (χ0v) is 13.6. The number of hydrogen-bond acceptors (Lipinski definition) is 5. The first-order valence-electron chi connectivity index (χ1n) is 7.31. The van der Waals surface area contributed by atoms with Crippen LogP contribution in [0.2, 0.25) is 0 Å². The Morgan fingerprint density at radius 2 is 1.64 bits per heavy atom. The van der Waals surface area contributed by atoms with Crippen LogP contribution < -0.4 is 9.80 Å². The van der Waals surface area contributed by atoms with Gasteiger partial charge in [0.2, 0.25) is 0 Å². The molecule has 0 aliphatic carbocycles. The van der Waals surface area contributed by atoms with Crippen LogP contribution in [0.15, 0.2) is 35.5 Å². The van der Waals surface area contributed by atoms with Crippen molar-refractivity contribution in [2.24, 2.45) is 0 Å². The van der Waals surface area contributed by atoms with E-state index in [9.17, 15) is 4.39 Å². The molecule has 6 heteroatoms. The fourth-order valence-electron chi connectivity index (χ4n) is 2.62. The fraction of sp³-hybridized carbons (Fsp3) is 0.375. The molecule has 2 aromatic rings. The Bertz CT molecular complexity index is 639. The van der Waals surface area contributed by atoms with Gasteiger partial charge in [-0.3, -0.25) is 0 Å². The van der Waals surface area contributed by atoms with Gasteiger partial charge in [0.1, 0.15) is 11.6 Å². The third-order valence-electron chi connectivity index (χ3n) is 3.80. The predicted octanol–water partition coefficient (Wildman–Crippen LogP) is 2.97. The fourth-order valence-corrected chi connectivity index (χ4v) is 3.04. The van der Waals surface area contributed by atoms with Crippen molar-refractivity contribution < 1.29 is 4.39 Å². The van der Waals surface area contributed by atoms with Gasteiger partial charge in [0.05, 0.1) is 0 Å². The first kappa shape index (κ1) is 15.1. The summed E-state index contributed by atoms with van der Waals surface area (Å²) < 4.78 is 13.0. The molecule has 3 rings (SSSR count). The molecule has 0 amide bonds. The first-order valence-corrected chi connectivity index (χ1v) is 8.53. The van der Waals surface area contributed by atoms with Gasteiger partial charge < -0.3 is 9.80 Å². The highest BCUT2D eigenvalue weighted by Crippen LogP contribution is 2.21. The topological polar surface area (TPSA) is 32.3 Å². The lowest BCUT2D eigenvalue weighted by Crippen LogP contribution is -2.46. The lowest BCUT2D eigenvalue weighted by Gasteiger charge is -2.36. The highest BCUT2D eigenvalue weighted by Gasteiger charge is 2.19. The molecule has 0 bridgehead atoms. The zero-order valence-electron chi connectivity index (χ0n) is 12.8. The third-order valence-corrected chi connectivity index (χ3v) is 4.35. The minimum absolute atomic E-state index is 0.191. The Hall–Kier alpha value is -1.82. The molecule has 22 heavy (non-hydrogen) atoms. The summed E-state index contributed by atoms with van der Waals surface area (Å²) in [5, 5.41) is 0.816. The minimum atomic E-state index is -0.191. The van der Waals surface area contributed by atoms with Crippen LogP contribution in [0, 0.1) is 12.7 Å². The van der Waals surface area contributed by atoms with E-state index in [4.69, 9.17) is 0 Å². The molecule has 0 unspecified atom stereocenters. The predicted molar refractivity (Wildman–Crippen MR) is 89.4 cm³/mol. The summed E-state index contributed by atoms with van der Waals surface area (Å²) in [5.41, 5.74) is 2.07. The Labute approximate surface area is 134 Å². The maximum Gasteiger partial charge on any atom is 0.189 e. The normalized spacial score (nSPS) is 15.2. The van der Waals surface area contributed by atoms with Gasteiger partial charge in [0.25, 0.3) is 0 Å². The van der Waals surface area contributed by atoms with E-state index in [0.717, 1.165) is 48.5 Å². The number of hydrogen-bond donors (Lipinski definition) is 0. The molecule has 0 N–H and O–H groups in total. The van der Waals surface area contributed by atoms with Crippen LogP contribution in [0.25, 0.3) is 0 Å². The summed E-state index contributed by atoms with van der Waals surface area (Å²) in [6.07, 6.45) is 1.99. The quantitative estimate of drug-likeness (QED) is 0.642. The van der Waals surface area contributed by atoms with E-state index < -0.39 is 0 Å². The van der Waals surface area contributed by atoms with Crippen LogP contribution in [0.5, 0.6) is 0 Å². The van der Waals surface area contributed by atoms with E-state index in [2.05, 4.69) is 19.8 Å². The maximum atomic E-state index is 13.0. The van der Waals surface area contributed by atoms with Gasteiger partial charge in [0.15, 0.2) is 5.16 Å². The van der Waals surface area contributed by atoms with Crippen LogP contribution in [-0.4, -0.2) is 42.4 Å². The molecule has 1 saturated heterocycles.